The zero-order chi connectivity index (χ0) is 10.4. The summed E-state index contributed by atoms with van der Waals surface area (Å²) in [5, 5.41) is 4.30. The number of unbranched alkanes of at least 4 members (excludes halogenated alkanes) is 2. The van der Waals surface area contributed by atoms with E-state index in [9.17, 15) is 0 Å². The van der Waals surface area contributed by atoms with Crippen LogP contribution >= 0.6 is 0 Å². The molecule has 3 nitrogen and oxygen atoms in total. The van der Waals surface area contributed by atoms with Crippen LogP contribution in [0.15, 0.2) is 0 Å². The third-order valence-electron chi connectivity index (χ3n) is 3.07. The van der Waals surface area contributed by atoms with E-state index in [4.69, 9.17) is 5.84 Å². The zero-order valence-corrected chi connectivity index (χ0v) is 9.71. The van der Waals surface area contributed by atoms with Gasteiger partial charge in [-0.2, -0.15) is 5.12 Å². The fourth-order valence-electron chi connectivity index (χ4n) is 2.13. The normalized spacial score (nSPS) is 24.6. The van der Waals surface area contributed by atoms with Gasteiger partial charge in [0.2, 0.25) is 0 Å². The SMILES string of the molecule is CCCCC1CCN(N)N1CCCC. The van der Waals surface area contributed by atoms with E-state index in [1.165, 1.54) is 38.5 Å². The molecule has 1 aliphatic heterocycles. The fraction of sp³-hybridized carbons (Fsp3) is 1.00. The number of hydrazine groups is 2. The Kier molecular flexibility index (Phi) is 5.45. The number of hydrogen-bond acceptors (Lipinski definition) is 3. The Morgan fingerprint density at radius 1 is 1.21 bits per heavy atom. The molecule has 1 aliphatic rings. The fourth-order valence-corrected chi connectivity index (χ4v) is 2.13. The van der Waals surface area contributed by atoms with Gasteiger partial charge in [0.25, 0.3) is 0 Å². The predicted molar refractivity (Wildman–Crippen MR) is 60.4 cm³/mol. The standard InChI is InChI=1S/C11H25N3/c1-3-5-7-11-8-10-14(12)13(11)9-6-4-2/h11H,3-10,12H2,1-2H3. The second-order valence-corrected chi connectivity index (χ2v) is 4.26. The summed E-state index contributed by atoms with van der Waals surface area (Å²) in [7, 11) is 0. The Bertz CT molecular complexity index is 149. The lowest BCUT2D eigenvalue weighted by molar-refractivity contribution is -0.00797. The topological polar surface area (TPSA) is 32.5 Å². The maximum atomic E-state index is 5.94. The van der Waals surface area contributed by atoms with Gasteiger partial charge in [-0.25, -0.2) is 5.01 Å². The van der Waals surface area contributed by atoms with Crippen molar-refractivity contribution in [1.82, 2.24) is 10.1 Å². The van der Waals surface area contributed by atoms with Gasteiger partial charge in [-0.3, -0.25) is 5.84 Å². The lowest BCUT2D eigenvalue weighted by atomic mass is 10.1. The average Bonchev–Trinajstić information content (AvgIpc) is 2.53. The van der Waals surface area contributed by atoms with E-state index in [2.05, 4.69) is 18.9 Å². The minimum atomic E-state index is 0.714. The van der Waals surface area contributed by atoms with Gasteiger partial charge >= 0.3 is 0 Å². The summed E-state index contributed by atoms with van der Waals surface area (Å²) in [6.45, 7) is 6.67. The monoisotopic (exact) mass is 199 g/mol. The van der Waals surface area contributed by atoms with Crippen LogP contribution in [0.25, 0.3) is 0 Å². The Hall–Kier alpha value is -0.120. The molecular formula is C11H25N3. The highest BCUT2D eigenvalue weighted by molar-refractivity contribution is 4.76. The Balaban J connectivity index is 2.32. The highest BCUT2D eigenvalue weighted by Crippen LogP contribution is 2.20. The van der Waals surface area contributed by atoms with Crippen molar-refractivity contribution in [2.75, 3.05) is 13.1 Å². The van der Waals surface area contributed by atoms with E-state index in [1.54, 1.807) is 0 Å². The molecule has 14 heavy (non-hydrogen) atoms. The molecule has 0 saturated carbocycles. The highest BCUT2D eigenvalue weighted by Gasteiger charge is 2.28. The first kappa shape index (κ1) is 12.0. The second-order valence-electron chi connectivity index (χ2n) is 4.26. The van der Waals surface area contributed by atoms with E-state index in [0.717, 1.165) is 13.1 Å². The lowest BCUT2D eigenvalue weighted by Gasteiger charge is -2.29. The summed E-state index contributed by atoms with van der Waals surface area (Å²) in [6.07, 6.45) is 7.71. The molecule has 0 aromatic heterocycles. The molecule has 1 rings (SSSR count). The summed E-state index contributed by atoms with van der Waals surface area (Å²) in [4.78, 5) is 0. The first-order chi connectivity index (χ1) is 6.79. The molecule has 1 saturated heterocycles. The molecule has 84 valence electrons. The Labute approximate surface area is 88.2 Å². The molecule has 3 heteroatoms. The largest absolute Gasteiger partial charge is 0.255 e. The van der Waals surface area contributed by atoms with Crippen molar-refractivity contribution in [2.24, 2.45) is 5.84 Å². The van der Waals surface area contributed by atoms with Gasteiger partial charge < -0.3 is 0 Å². The van der Waals surface area contributed by atoms with E-state index < -0.39 is 0 Å². The Morgan fingerprint density at radius 2 is 1.93 bits per heavy atom. The van der Waals surface area contributed by atoms with Gasteiger partial charge in [0.15, 0.2) is 0 Å². The summed E-state index contributed by atoms with van der Waals surface area (Å²) >= 11 is 0. The van der Waals surface area contributed by atoms with Crippen molar-refractivity contribution < 1.29 is 0 Å². The van der Waals surface area contributed by atoms with E-state index in [1.807, 2.05) is 5.12 Å². The van der Waals surface area contributed by atoms with Crippen LogP contribution < -0.4 is 5.84 Å². The smallest absolute Gasteiger partial charge is 0.0303 e. The van der Waals surface area contributed by atoms with Crippen molar-refractivity contribution >= 4 is 0 Å². The van der Waals surface area contributed by atoms with Crippen molar-refractivity contribution in [1.29, 1.82) is 0 Å². The summed E-state index contributed by atoms with van der Waals surface area (Å²) in [5.74, 6) is 5.94. The van der Waals surface area contributed by atoms with Crippen molar-refractivity contribution in [3.05, 3.63) is 0 Å². The molecule has 0 aromatic carbocycles. The molecule has 1 unspecified atom stereocenters. The summed E-state index contributed by atoms with van der Waals surface area (Å²) in [6, 6.07) is 0.714. The van der Waals surface area contributed by atoms with Gasteiger partial charge in [-0.05, 0) is 19.3 Å². The molecule has 0 bridgehead atoms. The first-order valence-corrected chi connectivity index (χ1v) is 6.08. The van der Waals surface area contributed by atoms with Gasteiger partial charge in [-0.1, -0.05) is 33.1 Å². The second kappa shape index (κ2) is 6.38. The van der Waals surface area contributed by atoms with Crippen LogP contribution in [0, 0.1) is 0 Å². The van der Waals surface area contributed by atoms with Crippen LogP contribution in [-0.4, -0.2) is 29.3 Å². The average molecular weight is 199 g/mol. The maximum absolute atomic E-state index is 5.94. The number of nitrogens with zero attached hydrogens (tertiary/aromatic N) is 2. The summed E-state index contributed by atoms with van der Waals surface area (Å²) < 4.78 is 0. The highest BCUT2D eigenvalue weighted by atomic mass is 15.8. The van der Waals surface area contributed by atoms with Crippen molar-refractivity contribution in [3.8, 4) is 0 Å². The van der Waals surface area contributed by atoms with Crippen LogP contribution in [-0.2, 0) is 0 Å². The quantitative estimate of drug-likeness (QED) is 0.665. The molecule has 1 atom stereocenters. The molecule has 1 heterocycles. The number of hydrogen-bond donors (Lipinski definition) is 1. The van der Waals surface area contributed by atoms with Crippen molar-refractivity contribution in [3.63, 3.8) is 0 Å². The predicted octanol–water partition coefficient (Wildman–Crippen LogP) is 2.14. The zero-order valence-electron chi connectivity index (χ0n) is 9.71. The molecule has 0 amide bonds. The maximum Gasteiger partial charge on any atom is 0.0303 e. The molecule has 0 aromatic rings. The molecule has 0 aliphatic carbocycles. The first-order valence-electron chi connectivity index (χ1n) is 6.08. The number of nitrogens with two attached hydrogens (primary N) is 1. The van der Waals surface area contributed by atoms with E-state index in [-0.39, 0.29) is 0 Å². The minimum Gasteiger partial charge on any atom is -0.255 e. The van der Waals surface area contributed by atoms with E-state index >= 15 is 0 Å². The van der Waals surface area contributed by atoms with Crippen LogP contribution in [0.4, 0.5) is 0 Å². The number of rotatable bonds is 6. The molecule has 1 fully saturated rings. The lowest BCUT2D eigenvalue weighted by Crippen LogP contribution is -2.45. The van der Waals surface area contributed by atoms with E-state index in [0.29, 0.717) is 6.04 Å². The Morgan fingerprint density at radius 3 is 2.57 bits per heavy atom. The van der Waals surface area contributed by atoms with Crippen LogP contribution in [0.1, 0.15) is 52.4 Å². The van der Waals surface area contributed by atoms with Gasteiger partial charge in [0.05, 0.1) is 0 Å². The molecule has 0 spiro atoms. The third-order valence-corrected chi connectivity index (χ3v) is 3.07. The van der Waals surface area contributed by atoms with Gasteiger partial charge in [0.1, 0.15) is 0 Å². The summed E-state index contributed by atoms with van der Waals surface area (Å²) in [5.41, 5.74) is 0. The van der Waals surface area contributed by atoms with Crippen molar-refractivity contribution in [2.45, 2.75) is 58.4 Å². The van der Waals surface area contributed by atoms with Gasteiger partial charge in [0, 0.05) is 19.1 Å². The molecule has 0 radical (unpaired) electrons. The van der Waals surface area contributed by atoms with Crippen LogP contribution in [0.3, 0.4) is 0 Å². The molecule has 2 N–H and O–H groups in total. The van der Waals surface area contributed by atoms with Crippen LogP contribution in [0.5, 0.6) is 0 Å². The minimum absolute atomic E-state index is 0.714. The van der Waals surface area contributed by atoms with Gasteiger partial charge in [-0.15, -0.1) is 0 Å². The van der Waals surface area contributed by atoms with Crippen LogP contribution in [0.2, 0.25) is 0 Å². The molecular weight excluding hydrogens is 174 g/mol. The third kappa shape index (κ3) is 3.23.